The van der Waals surface area contributed by atoms with Gasteiger partial charge in [-0.25, -0.2) is 0 Å². The molecular formula is C40H25NO2. The maximum absolute atomic E-state index is 6.37. The lowest BCUT2D eigenvalue weighted by Gasteiger charge is -2.29. The van der Waals surface area contributed by atoms with Crippen molar-refractivity contribution < 1.29 is 8.83 Å². The van der Waals surface area contributed by atoms with Crippen LogP contribution in [0.4, 0.5) is 17.1 Å². The summed E-state index contributed by atoms with van der Waals surface area (Å²) in [5, 5.41) is 6.84. The first-order chi connectivity index (χ1) is 21.3. The molecule has 0 aliphatic heterocycles. The number of furan rings is 2. The van der Waals surface area contributed by atoms with Crippen LogP contribution >= 0.6 is 0 Å². The number of nitrogens with zero attached hydrogens (tertiary/aromatic N) is 1. The minimum atomic E-state index is 0.865. The van der Waals surface area contributed by atoms with Crippen molar-refractivity contribution in [3.05, 3.63) is 152 Å². The molecule has 0 amide bonds. The molecule has 9 aromatic rings. The van der Waals surface area contributed by atoms with Crippen molar-refractivity contribution in [2.75, 3.05) is 4.90 Å². The fourth-order valence-corrected chi connectivity index (χ4v) is 6.56. The molecule has 0 aliphatic rings. The standard InChI is InChI=1S/C40H25NO2/c1-2-13-28-26(11-1)12-9-19-34(28)41(27-23-24-31-30-15-4-7-20-36(30)43-39(31)25-27)35-18-6-3-14-29(35)32-17-10-22-38-40(32)33-16-5-8-21-37(33)42-38/h1-25H. The number of hydrogen-bond acceptors (Lipinski definition) is 3. The molecule has 0 radical (unpaired) electrons. The molecule has 2 heterocycles. The molecule has 202 valence electrons. The summed E-state index contributed by atoms with van der Waals surface area (Å²) in [5.41, 5.74) is 8.99. The molecule has 0 saturated carbocycles. The second-order valence-corrected chi connectivity index (χ2v) is 10.9. The van der Waals surface area contributed by atoms with E-state index in [9.17, 15) is 0 Å². The molecule has 9 rings (SSSR count). The van der Waals surface area contributed by atoms with Crippen LogP contribution in [0.3, 0.4) is 0 Å². The highest BCUT2D eigenvalue weighted by molar-refractivity contribution is 6.14. The summed E-state index contributed by atoms with van der Waals surface area (Å²) in [5.74, 6) is 0. The van der Waals surface area contributed by atoms with Crippen LogP contribution in [0.25, 0.3) is 65.8 Å². The zero-order chi connectivity index (χ0) is 28.3. The fraction of sp³-hybridized carbons (Fsp3) is 0. The Hall–Kier alpha value is -5.80. The van der Waals surface area contributed by atoms with Crippen LogP contribution in [-0.2, 0) is 0 Å². The number of para-hydroxylation sites is 3. The van der Waals surface area contributed by atoms with Gasteiger partial charge in [-0.3, -0.25) is 0 Å². The summed E-state index contributed by atoms with van der Waals surface area (Å²) in [6, 6.07) is 53.1. The first-order valence-corrected chi connectivity index (χ1v) is 14.5. The average Bonchev–Trinajstić information content (AvgIpc) is 3.63. The largest absolute Gasteiger partial charge is 0.456 e. The van der Waals surface area contributed by atoms with Crippen LogP contribution in [0, 0.1) is 0 Å². The molecule has 2 aromatic heterocycles. The summed E-state index contributed by atoms with van der Waals surface area (Å²) in [7, 11) is 0. The quantitative estimate of drug-likeness (QED) is 0.218. The van der Waals surface area contributed by atoms with Crippen molar-refractivity contribution in [3.63, 3.8) is 0 Å². The van der Waals surface area contributed by atoms with Gasteiger partial charge in [0.1, 0.15) is 22.3 Å². The maximum Gasteiger partial charge on any atom is 0.137 e. The first kappa shape index (κ1) is 23.9. The third-order valence-corrected chi connectivity index (χ3v) is 8.47. The number of fused-ring (bicyclic) bond motifs is 7. The van der Waals surface area contributed by atoms with E-state index in [1.54, 1.807) is 0 Å². The predicted molar refractivity (Wildman–Crippen MR) is 179 cm³/mol. The van der Waals surface area contributed by atoms with Crippen LogP contribution in [0.15, 0.2) is 160 Å². The van der Waals surface area contributed by atoms with Gasteiger partial charge in [0.25, 0.3) is 0 Å². The molecule has 0 saturated heterocycles. The second-order valence-electron chi connectivity index (χ2n) is 10.9. The molecule has 7 aromatic carbocycles. The van der Waals surface area contributed by atoms with Crippen molar-refractivity contribution in [3.8, 4) is 11.1 Å². The number of benzene rings is 7. The van der Waals surface area contributed by atoms with Gasteiger partial charge < -0.3 is 13.7 Å². The highest BCUT2D eigenvalue weighted by Gasteiger charge is 2.22. The molecule has 0 N–H and O–H groups in total. The Morgan fingerprint density at radius 1 is 0.372 bits per heavy atom. The van der Waals surface area contributed by atoms with Gasteiger partial charge in [-0.2, -0.15) is 0 Å². The summed E-state index contributed by atoms with van der Waals surface area (Å²) in [6.07, 6.45) is 0. The van der Waals surface area contributed by atoms with Crippen molar-refractivity contribution in [2.45, 2.75) is 0 Å². The lowest BCUT2D eigenvalue weighted by atomic mass is 9.96. The van der Waals surface area contributed by atoms with Crippen LogP contribution in [0.2, 0.25) is 0 Å². The van der Waals surface area contributed by atoms with Crippen LogP contribution in [-0.4, -0.2) is 0 Å². The minimum absolute atomic E-state index is 0.865. The van der Waals surface area contributed by atoms with E-state index in [1.165, 1.54) is 10.8 Å². The van der Waals surface area contributed by atoms with E-state index >= 15 is 0 Å². The number of anilines is 3. The van der Waals surface area contributed by atoms with Gasteiger partial charge in [0, 0.05) is 44.2 Å². The molecule has 43 heavy (non-hydrogen) atoms. The summed E-state index contributed by atoms with van der Waals surface area (Å²) < 4.78 is 12.7. The van der Waals surface area contributed by atoms with Gasteiger partial charge in [-0.15, -0.1) is 0 Å². The maximum atomic E-state index is 6.37. The summed E-state index contributed by atoms with van der Waals surface area (Å²) in [6.45, 7) is 0. The Kier molecular flexibility index (Phi) is 5.20. The molecule has 0 bridgehead atoms. The molecule has 3 nitrogen and oxygen atoms in total. The average molecular weight is 552 g/mol. The van der Waals surface area contributed by atoms with E-state index in [1.807, 2.05) is 24.3 Å². The Balaban J connectivity index is 1.35. The normalized spacial score (nSPS) is 11.7. The number of rotatable bonds is 4. The van der Waals surface area contributed by atoms with E-state index in [4.69, 9.17) is 8.83 Å². The third kappa shape index (κ3) is 3.68. The highest BCUT2D eigenvalue weighted by Crippen LogP contribution is 2.47. The summed E-state index contributed by atoms with van der Waals surface area (Å²) in [4.78, 5) is 2.37. The lowest BCUT2D eigenvalue weighted by molar-refractivity contribution is 0.668. The zero-order valence-electron chi connectivity index (χ0n) is 23.2. The molecule has 0 aliphatic carbocycles. The summed E-state index contributed by atoms with van der Waals surface area (Å²) >= 11 is 0. The van der Waals surface area contributed by atoms with E-state index in [2.05, 4.69) is 132 Å². The molecule has 0 spiro atoms. The Morgan fingerprint density at radius 3 is 1.86 bits per heavy atom. The Bertz CT molecular complexity index is 2480. The van der Waals surface area contributed by atoms with E-state index in [0.29, 0.717) is 0 Å². The highest BCUT2D eigenvalue weighted by atomic mass is 16.3. The predicted octanol–water partition coefficient (Wildman–Crippen LogP) is 11.8. The SMILES string of the molecule is c1ccc(N(c2ccc3c(c2)oc2ccccc23)c2cccc3ccccc23)c(-c2cccc3oc4ccccc4c23)c1. The van der Waals surface area contributed by atoms with Gasteiger partial charge in [0.05, 0.1) is 11.4 Å². The molecule has 0 fully saturated rings. The van der Waals surface area contributed by atoms with E-state index < -0.39 is 0 Å². The molecule has 0 unspecified atom stereocenters. The topological polar surface area (TPSA) is 29.5 Å². The van der Waals surface area contributed by atoms with Gasteiger partial charge in [0.2, 0.25) is 0 Å². The van der Waals surface area contributed by atoms with Crippen molar-refractivity contribution in [1.82, 2.24) is 0 Å². The van der Waals surface area contributed by atoms with Crippen LogP contribution < -0.4 is 4.90 Å². The second kappa shape index (κ2) is 9.37. The molecule has 3 heteroatoms. The van der Waals surface area contributed by atoms with Gasteiger partial charge in [0.15, 0.2) is 0 Å². The Morgan fingerprint density at radius 2 is 0.953 bits per heavy atom. The van der Waals surface area contributed by atoms with Crippen molar-refractivity contribution in [2.24, 2.45) is 0 Å². The fourth-order valence-electron chi connectivity index (χ4n) is 6.56. The van der Waals surface area contributed by atoms with Gasteiger partial charge >= 0.3 is 0 Å². The number of hydrogen-bond donors (Lipinski definition) is 0. The van der Waals surface area contributed by atoms with Crippen molar-refractivity contribution in [1.29, 1.82) is 0 Å². The van der Waals surface area contributed by atoms with E-state index in [0.717, 1.165) is 72.1 Å². The van der Waals surface area contributed by atoms with Crippen molar-refractivity contribution >= 4 is 71.7 Å². The lowest BCUT2D eigenvalue weighted by Crippen LogP contribution is -2.11. The van der Waals surface area contributed by atoms with Gasteiger partial charge in [-0.05, 0) is 53.4 Å². The molecule has 0 atom stereocenters. The van der Waals surface area contributed by atoms with E-state index in [-0.39, 0.29) is 0 Å². The van der Waals surface area contributed by atoms with Crippen LogP contribution in [0.5, 0.6) is 0 Å². The zero-order valence-corrected chi connectivity index (χ0v) is 23.2. The smallest absolute Gasteiger partial charge is 0.137 e. The minimum Gasteiger partial charge on any atom is -0.456 e. The molecular weight excluding hydrogens is 526 g/mol. The van der Waals surface area contributed by atoms with Gasteiger partial charge in [-0.1, -0.05) is 103 Å². The monoisotopic (exact) mass is 551 g/mol. The Labute approximate surface area is 247 Å². The first-order valence-electron chi connectivity index (χ1n) is 14.5. The third-order valence-electron chi connectivity index (χ3n) is 8.47. The van der Waals surface area contributed by atoms with Crippen LogP contribution in [0.1, 0.15) is 0 Å².